The molecule has 0 spiro atoms. The fourth-order valence-electron chi connectivity index (χ4n) is 4.45. The SMILES string of the molecule is CC(=O)OCCCCCc1nc2c(nc1COc1cccc(C(F)(F)F)c1)N(CC(C)C)C1OC1N(C)C2=O. The number of epoxide rings is 1. The van der Waals surface area contributed by atoms with Gasteiger partial charge in [0.1, 0.15) is 18.1 Å². The highest BCUT2D eigenvalue weighted by Gasteiger charge is 2.53. The van der Waals surface area contributed by atoms with E-state index in [1.165, 1.54) is 24.0 Å². The number of hydrogen-bond acceptors (Lipinski definition) is 8. The molecule has 12 heteroatoms. The van der Waals surface area contributed by atoms with Crippen LogP contribution in [0.5, 0.6) is 5.75 Å². The summed E-state index contributed by atoms with van der Waals surface area (Å²) in [4.78, 5) is 37.3. The van der Waals surface area contributed by atoms with Crippen LogP contribution in [0.3, 0.4) is 0 Å². The molecule has 39 heavy (non-hydrogen) atoms. The minimum Gasteiger partial charge on any atom is -0.487 e. The zero-order valence-electron chi connectivity index (χ0n) is 22.5. The van der Waals surface area contributed by atoms with Crippen LogP contribution in [-0.2, 0) is 33.5 Å². The molecule has 2 aliphatic heterocycles. The zero-order valence-corrected chi connectivity index (χ0v) is 22.5. The molecule has 1 aromatic heterocycles. The van der Waals surface area contributed by atoms with Crippen LogP contribution in [0.15, 0.2) is 24.3 Å². The maximum absolute atomic E-state index is 13.3. The van der Waals surface area contributed by atoms with Crippen molar-refractivity contribution in [2.45, 2.75) is 71.7 Å². The second kappa shape index (κ2) is 11.8. The molecule has 0 aliphatic carbocycles. The number of aryl methyl sites for hydroxylation is 1. The van der Waals surface area contributed by atoms with E-state index >= 15 is 0 Å². The van der Waals surface area contributed by atoms with Crippen LogP contribution in [0.1, 0.15) is 67.5 Å². The molecular weight excluding hydrogens is 517 g/mol. The van der Waals surface area contributed by atoms with E-state index in [2.05, 4.69) is 0 Å². The van der Waals surface area contributed by atoms with Crippen LogP contribution in [0.2, 0.25) is 0 Å². The second-order valence-electron chi connectivity index (χ2n) is 10.1. The number of hydrogen-bond donors (Lipinski definition) is 0. The Morgan fingerprint density at radius 2 is 1.90 bits per heavy atom. The van der Waals surface area contributed by atoms with Crippen molar-refractivity contribution in [2.24, 2.45) is 5.92 Å². The molecule has 1 fully saturated rings. The first-order valence-electron chi connectivity index (χ1n) is 13.0. The minimum atomic E-state index is -4.49. The number of esters is 1. The summed E-state index contributed by atoms with van der Waals surface area (Å²) in [6.45, 7) is 6.21. The Balaban J connectivity index is 1.62. The van der Waals surface area contributed by atoms with Gasteiger partial charge < -0.3 is 24.0 Å². The largest absolute Gasteiger partial charge is 0.487 e. The standard InChI is InChI=1S/C27H33F3N4O5/c1-16(2)14-34-23-22(24(36)33(4)25-26(34)39-25)31-20(11-6-5-7-12-37-17(3)35)21(32-23)15-38-19-10-8-9-18(13-19)27(28,29)30/h8-10,13,16,25-26H,5-7,11-12,14-15H2,1-4H3. The highest BCUT2D eigenvalue weighted by atomic mass is 19.4. The number of unbranched alkanes of at least 4 members (excludes halogenated alkanes) is 2. The third-order valence-corrected chi connectivity index (χ3v) is 6.42. The van der Waals surface area contributed by atoms with E-state index in [0.717, 1.165) is 18.6 Å². The Kier molecular flexibility index (Phi) is 8.63. The number of fused-ring (bicyclic) bond motifs is 2. The molecule has 0 bridgehead atoms. The maximum atomic E-state index is 13.3. The average molecular weight is 551 g/mol. The van der Waals surface area contributed by atoms with Crippen LogP contribution in [0.25, 0.3) is 0 Å². The summed E-state index contributed by atoms with van der Waals surface area (Å²) in [6, 6.07) is 4.66. The van der Waals surface area contributed by atoms with E-state index in [9.17, 15) is 22.8 Å². The third kappa shape index (κ3) is 6.97. The van der Waals surface area contributed by atoms with E-state index in [0.29, 0.717) is 49.6 Å². The van der Waals surface area contributed by atoms with Gasteiger partial charge in [0.2, 0.25) is 0 Å². The van der Waals surface area contributed by atoms with Gasteiger partial charge in [-0.2, -0.15) is 13.2 Å². The summed E-state index contributed by atoms with van der Waals surface area (Å²) in [5.41, 5.74) is 0.381. The molecule has 2 unspecified atom stereocenters. The summed E-state index contributed by atoms with van der Waals surface area (Å²) in [5, 5.41) is 0. The predicted molar refractivity (Wildman–Crippen MR) is 135 cm³/mol. The second-order valence-corrected chi connectivity index (χ2v) is 10.1. The molecule has 2 atom stereocenters. The van der Waals surface area contributed by atoms with E-state index in [4.69, 9.17) is 24.2 Å². The van der Waals surface area contributed by atoms with Crippen molar-refractivity contribution in [1.29, 1.82) is 0 Å². The minimum absolute atomic E-state index is 0.0503. The number of benzene rings is 1. The lowest BCUT2D eigenvalue weighted by Crippen LogP contribution is -2.34. The molecule has 212 valence electrons. The molecule has 2 aromatic rings. The number of aromatic nitrogens is 2. The molecule has 3 heterocycles. The van der Waals surface area contributed by atoms with Gasteiger partial charge >= 0.3 is 12.1 Å². The van der Waals surface area contributed by atoms with E-state index in [1.54, 1.807) is 7.05 Å². The Labute approximate surface area is 225 Å². The fourth-order valence-corrected chi connectivity index (χ4v) is 4.45. The number of rotatable bonds is 11. The molecule has 0 N–H and O–H groups in total. The van der Waals surface area contributed by atoms with Crippen LogP contribution in [0.4, 0.5) is 19.0 Å². The number of nitrogens with zero attached hydrogens (tertiary/aromatic N) is 4. The summed E-state index contributed by atoms with van der Waals surface area (Å²) in [7, 11) is 1.66. The Morgan fingerprint density at radius 3 is 2.59 bits per heavy atom. The number of anilines is 1. The molecule has 1 aromatic carbocycles. The quantitative estimate of drug-likeness (QED) is 0.228. The maximum Gasteiger partial charge on any atom is 0.416 e. The first kappa shape index (κ1) is 28.6. The van der Waals surface area contributed by atoms with Crippen LogP contribution in [-0.4, -0.2) is 59.4 Å². The van der Waals surface area contributed by atoms with Gasteiger partial charge in [-0.1, -0.05) is 19.9 Å². The van der Waals surface area contributed by atoms with Gasteiger partial charge in [-0.3, -0.25) is 9.59 Å². The zero-order chi connectivity index (χ0) is 28.3. The molecule has 9 nitrogen and oxygen atoms in total. The average Bonchev–Trinajstić information content (AvgIpc) is 3.67. The van der Waals surface area contributed by atoms with Crippen molar-refractivity contribution >= 4 is 17.7 Å². The van der Waals surface area contributed by atoms with Gasteiger partial charge in [-0.05, 0) is 49.8 Å². The normalized spacial score (nSPS) is 18.5. The third-order valence-electron chi connectivity index (χ3n) is 6.42. The lowest BCUT2D eigenvalue weighted by molar-refractivity contribution is -0.141. The summed E-state index contributed by atoms with van der Waals surface area (Å²) >= 11 is 0. The summed E-state index contributed by atoms with van der Waals surface area (Å²) in [6.07, 6.45) is -2.69. The summed E-state index contributed by atoms with van der Waals surface area (Å²) in [5.74, 6) is 0.0276. The van der Waals surface area contributed by atoms with Crippen molar-refractivity contribution in [3.05, 3.63) is 46.9 Å². The van der Waals surface area contributed by atoms with Gasteiger partial charge in [-0.25, -0.2) is 9.97 Å². The Hall–Kier alpha value is -3.41. The lowest BCUT2D eigenvalue weighted by Gasteiger charge is -2.25. The van der Waals surface area contributed by atoms with Crippen LogP contribution in [0, 0.1) is 5.92 Å². The topological polar surface area (TPSA) is 97.4 Å². The van der Waals surface area contributed by atoms with E-state index in [-0.39, 0.29) is 42.1 Å². The van der Waals surface area contributed by atoms with E-state index in [1.807, 2.05) is 18.7 Å². The molecule has 4 rings (SSSR count). The van der Waals surface area contributed by atoms with Gasteiger partial charge in [-0.15, -0.1) is 0 Å². The monoisotopic (exact) mass is 550 g/mol. The Morgan fingerprint density at radius 1 is 1.13 bits per heavy atom. The molecule has 1 amide bonds. The molecule has 2 aliphatic rings. The number of carbonyl (C=O) groups excluding carboxylic acids is 2. The van der Waals surface area contributed by atoms with Crippen molar-refractivity contribution < 1.29 is 37.0 Å². The van der Waals surface area contributed by atoms with Crippen LogP contribution >= 0.6 is 0 Å². The van der Waals surface area contributed by atoms with Crippen molar-refractivity contribution in [1.82, 2.24) is 14.9 Å². The fraction of sp³-hybridized carbons (Fsp3) is 0.556. The highest BCUT2D eigenvalue weighted by Crippen LogP contribution is 2.38. The lowest BCUT2D eigenvalue weighted by atomic mass is 10.1. The number of amides is 1. The van der Waals surface area contributed by atoms with Gasteiger partial charge in [0.05, 0.1) is 17.9 Å². The first-order valence-corrected chi connectivity index (χ1v) is 13.0. The smallest absolute Gasteiger partial charge is 0.416 e. The van der Waals surface area contributed by atoms with Crippen LogP contribution < -0.4 is 9.64 Å². The van der Waals surface area contributed by atoms with Crippen molar-refractivity contribution in [2.75, 3.05) is 25.1 Å². The number of likely N-dealkylation sites (N-methyl/N-ethyl adjacent to an activating group) is 1. The molecular formula is C27H33F3N4O5. The highest BCUT2D eigenvalue weighted by molar-refractivity contribution is 5.98. The molecule has 1 saturated heterocycles. The van der Waals surface area contributed by atoms with Crippen molar-refractivity contribution in [3.63, 3.8) is 0 Å². The molecule has 0 saturated carbocycles. The number of ether oxygens (including phenoxy) is 3. The van der Waals surface area contributed by atoms with Gasteiger partial charge in [0.15, 0.2) is 24.0 Å². The number of alkyl halides is 3. The molecule has 0 radical (unpaired) electrons. The van der Waals surface area contributed by atoms with E-state index < -0.39 is 18.0 Å². The number of halogens is 3. The number of carbonyl (C=O) groups is 2. The van der Waals surface area contributed by atoms with Gasteiger partial charge in [0.25, 0.3) is 5.91 Å². The first-order chi connectivity index (χ1) is 18.5. The van der Waals surface area contributed by atoms with Crippen molar-refractivity contribution in [3.8, 4) is 5.75 Å². The van der Waals surface area contributed by atoms with Gasteiger partial charge in [0, 0.05) is 20.5 Å². The predicted octanol–water partition coefficient (Wildman–Crippen LogP) is 4.58. The summed E-state index contributed by atoms with van der Waals surface area (Å²) < 4.78 is 56.1. The Bertz CT molecular complexity index is 1210.